The SMILES string of the molecule is C[C@@H](NC(=O)c1ccc(NNC(=O)CCCCC(=O)NCCCC[C@H](NC(=O)C(Cc2cnc[nH]2)NC(=O)CN)C(=O)O)cc1)C(=O)N1CCC[C@H]1B(O)O. The number of benzene rings is 1. The molecule has 55 heavy (non-hydrogen) atoms. The first-order chi connectivity index (χ1) is 26.3. The third kappa shape index (κ3) is 15.0. The second-order valence-electron chi connectivity index (χ2n) is 13.2. The molecule has 6 amide bonds. The number of likely N-dealkylation sites (tertiary alicyclic amines) is 1. The highest BCUT2D eigenvalue weighted by molar-refractivity contribution is 6.43. The predicted molar refractivity (Wildman–Crippen MR) is 198 cm³/mol. The van der Waals surface area contributed by atoms with Crippen molar-refractivity contribution in [1.82, 2.24) is 41.6 Å². The van der Waals surface area contributed by atoms with E-state index in [9.17, 15) is 48.7 Å². The summed E-state index contributed by atoms with van der Waals surface area (Å²) in [7, 11) is -1.65. The quantitative estimate of drug-likeness (QED) is 0.0334. The monoisotopic (exact) mass is 770 g/mol. The van der Waals surface area contributed by atoms with Crippen molar-refractivity contribution >= 4 is 54.2 Å². The van der Waals surface area contributed by atoms with Crippen LogP contribution < -0.4 is 37.9 Å². The third-order valence-corrected chi connectivity index (χ3v) is 8.87. The molecule has 0 bridgehead atoms. The van der Waals surface area contributed by atoms with Gasteiger partial charge in [0.1, 0.15) is 18.1 Å². The van der Waals surface area contributed by atoms with Gasteiger partial charge in [-0.15, -0.1) is 0 Å². The fourth-order valence-corrected chi connectivity index (χ4v) is 5.85. The number of nitrogens with two attached hydrogens (primary N) is 1. The average molecular weight is 771 g/mol. The lowest BCUT2D eigenvalue weighted by Gasteiger charge is -2.27. The van der Waals surface area contributed by atoms with Crippen LogP contribution >= 0.6 is 0 Å². The first kappa shape index (κ1) is 43.9. The Labute approximate surface area is 318 Å². The molecule has 0 aliphatic carbocycles. The van der Waals surface area contributed by atoms with Crippen LogP contribution in [0, 0.1) is 0 Å². The molecular weight excluding hydrogens is 719 g/mol. The summed E-state index contributed by atoms with van der Waals surface area (Å²) in [5, 5.41) is 39.0. The number of amides is 6. The zero-order valence-electron chi connectivity index (χ0n) is 30.7. The van der Waals surface area contributed by atoms with Crippen LogP contribution in [0.2, 0.25) is 0 Å². The van der Waals surface area contributed by atoms with Gasteiger partial charge in [0.15, 0.2) is 0 Å². The van der Waals surface area contributed by atoms with E-state index in [0.717, 1.165) is 0 Å². The number of hydrogen-bond donors (Lipinski definition) is 11. The second kappa shape index (κ2) is 22.6. The lowest BCUT2D eigenvalue weighted by atomic mass is 9.78. The van der Waals surface area contributed by atoms with Crippen molar-refractivity contribution in [3.63, 3.8) is 0 Å². The van der Waals surface area contributed by atoms with E-state index >= 15 is 0 Å². The van der Waals surface area contributed by atoms with Gasteiger partial charge in [0.25, 0.3) is 5.91 Å². The van der Waals surface area contributed by atoms with E-state index in [4.69, 9.17) is 5.73 Å². The molecule has 20 nitrogen and oxygen atoms in total. The molecule has 0 spiro atoms. The first-order valence-electron chi connectivity index (χ1n) is 18.2. The Morgan fingerprint density at radius 3 is 2.29 bits per heavy atom. The van der Waals surface area contributed by atoms with Gasteiger partial charge in [-0.25, -0.2) is 9.78 Å². The lowest BCUT2D eigenvalue weighted by molar-refractivity contribution is -0.142. The fourth-order valence-electron chi connectivity index (χ4n) is 5.85. The van der Waals surface area contributed by atoms with Gasteiger partial charge in [0, 0.05) is 49.8 Å². The Balaban J connectivity index is 1.27. The normalized spacial score (nSPS) is 15.2. The average Bonchev–Trinajstić information content (AvgIpc) is 3.87. The zero-order valence-corrected chi connectivity index (χ0v) is 30.7. The number of nitrogens with one attached hydrogen (secondary N) is 7. The minimum Gasteiger partial charge on any atom is -0.480 e. The third-order valence-electron chi connectivity index (χ3n) is 8.87. The molecule has 2 heterocycles. The summed E-state index contributed by atoms with van der Waals surface area (Å²) in [6.45, 7) is 1.87. The maximum absolute atomic E-state index is 12.8. The Kier molecular flexibility index (Phi) is 18.0. The van der Waals surface area contributed by atoms with Crippen molar-refractivity contribution in [3.05, 3.63) is 48.0 Å². The molecule has 1 aliphatic heterocycles. The van der Waals surface area contributed by atoms with E-state index < -0.39 is 60.8 Å². The molecule has 3 rings (SSSR count). The van der Waals surface area contributed by atoms with E-state index in [1.165, 1.54) is 36.5 Å². The van der Waals surface area contributed by atoms with Gasteiger partial charge >= 0.3 is 13.1 Å². The topological polar surface area (TPSA) is 310 Å². The molecule has 2 aromatic rings. The minimum absolute atomic E-state index is 0.0590. The number of anilines is 1. The van der Waals surface area contributed by atoms with Gasteiger partial charge in [-0.3, -0.25) is 39.6 Å². The maximum Gasteiger partial charge on any atom is 0.475 e. The molecule has 1 fully saturated rings. The number of nitrogens with zero attached hydrogens (tertiary/aromatic N) is 2. The number of carboxylic acids is 1. The lowest BCUT2D eigenvalue weighted by Crippen LogP contribution is -2.53. The number of carbonyl (C=O) groups is 7. The minimum atomic E-state index is -1.65. The van der Waals surface area contributed by atoms with Crippen molar-refractivity contribution in [2.24, 2.45) is 5.73 Å². The van der Waals surface area contributed by atoms with Crippen LogP contribution in [0.1, 0.15) is 80.8 Å². The van der Waals surface area contributed by atoms with Crippen molar-refractivity contribution in [1.29, 1.82) is 0 Å². The van der Waals surface area contributed by atoms with Gasteiger partial charge in [-0.05, 0) is 76.1 Å². The standard InChI is InChI=1S/C34H51BN10O10/c1-21(33(51)45-16-6-8-27(45)35(54)55)40-31(49)22-11-13-23(14-12-22)43-44-29(47)10-3-2-9-28(46)38-15-5-4-7-25(34(52)53)42-32(50)26(41-30(48)18-36)17-24-19-37-20-39-24/h11-14,19-21,25-27,43,54-55H,2-10,15-18,36H2,1H3,(H,37,39)(H,38,46)(H,40,49)(H,41,48)(H,42,50)(H,44,47)(H,52,53)/t21-,25+,26?,27+/m1/s1. The molecule has 300 valence electrons. The number of aliphatic carboxylic acids is 1. The summed E-state index contributed by atoms with van der Waals surface area (Å²) in [6, 6.07) is 3.05. The summed E-state index contributed by atoms with van der Waals surface area (Å²) in [6.07, 6.45) is 6.26. The summed E-state index contributed by atoms with van der Waals surface area (Å²) in [5.41, 5.74) is 12.0. The van der Waals surface area contributed by atoms with E-state index in [-0.39, 0.29) is 49.6 Å². The predicted octanol–water partition coefficient (Wildman–Crippen LogP) is -1.92. The highest BCUT2D eigenvalue weighted by atomic mass is 16.4. The molecule has 1 aromatic heterocycles. The number of aromatic nitrogens is 2. The molecule has 1 unspecified atom stereocenters. The van der Waals surface area contributed by atoms with Crippen LogP contribution in [0.5, 0.6) is 0 Å². The number of carboxylic acid groups (broad SMARTS) is 1. The Bertz CT molecular complexity index is 1600. The van der Waals surface area contributed by atoms with Gasteiger partial charge in [-0.2, -0.15) is 0 Å². The van der Waals surface area contributed by atoms with Crippen LogP contribution in [0.15, 0.2) is 36.8 Å². The number of hydrogen-bond acceptors (Lipinski definition) is 12. The smallest absolute Gasteiger partial charge is 0.475 e. The zero-order chi connectivity index (χ0) is 40.3. The van der Waals surface area contributed by atoms with Crippen molar-refractivity contribution in [3.8, 4) is 0 Å². The maximum atomic E-state index is 12.8. The second-order valence-corrected chi connectivity index (χ2v) is 13.2. The Hall–Kier alpha value is -5.54. The fraction of sp³-hybridized carbons (Fsp3) is 0.529. The first-order valence-corrected chi connectivity index (χ1v) is 18.2. The largest absolute Gasteiger partial charge is 0.480 e. The molecule has 4 atom stereocenters. The number of hydrazine groups is 1. The van der Waals surface area contributed by atoms with Crippen molar-refractivity contribution < 1.29 is 48.7 Å². The number of aromatic amines is 1. The molecule has 1 saturated heterocycles. The molecule has 0 radical (unpaired) electrons. The van der Waals surface area contributed by atoms with Crippen molar-refractivity contribution in [2.75, 3.05) is 25.1 Å². The number of carbonyl (C=O) groups excluding carboxylic acids is 6. The summed E-state index contributed by atoms with van der Waals surface area (Å²) >= 11 is 0. The van der Waals surface area contributed by atoms with E-state index in [1.807, 2.05) is 0 Å². The van der Waals surface area contributed by atoms with Gasteiger partial charge in [-0.1, -0.05) is 0 Å². The summed E-state index contributed by atoms with van der Waals surface area (Å²) in [5.74, 6) is -4.61. The van der Waals surface area contributed by atoms with Crippen molar-refractivity contribution in [2.45, 2.75) is 95.2 Å². The molecule has 12 N–H and O–H groups in total. The summed E-state index contributed by atoms with van der Waals surface area (Å²) in [4.78, 5) is 94.4. The number of unbranched alkanes of at least 4 members (excludes halogenated alkanes) is 2. The van der Waals surface area contributed by atoms with Crippen LogP contribution in [0.3, 0.4) is 0 Å². The molecule has 0 saturated carbocycles. The van der Waals surface area contributed by atoms with Crippen LogP contribution in [0.25, 0.3) is 0 Å². The number of imidazole rings is 1. The van der Waals surface area contributed by atoms with E-state index in [2.05, 4.69) is 42.1 Å². The van der Waals surface area contributed by atoms with Gasteiger partial charge < -0.3 is 52.0 Å². The van der Waals surface area contributed by atoms with Gasteiger partial charge in [0.2, 0.25) is 29.5 Å². The van der Waals surface area contributed by atoms with Crippen LogP contribution in [0.4, 0.5) is 5.69 Å². The Morgan fingerprint density at radius 2 is 1.65 bits per heavy atom. The van der Waals surface area contributed by atoms with Crippen LogP contribution in [-0.2, 0) is 35.2 Å². The van der Waals surface area contributed by atoms with Gasteiger partial charge in [0.05, 0.1) is 24.5 Å². The summed E-state index contributed by atoms with van der Waals surface area (Å²) < 4.78 is 0. The van der Waals surface area contributed by atoms with E-state index in [0.29, 0.717) is 63.0 Å². The molecule has 1 aliphatic rings. The van der Waals surface area contributed by atoms with Crippen LogP contribution in [-0.4, -0.2) is 122 Å². The number of H-pyrrole nitrogens is 1. The Morgan fingerprint density at radius 1 is 0.945 bits per heavy atom. The highest BCUT2D eigenvalue weighted by Crippen LogP contribution is 2.19. The van der Waals surface area contributed by atoms with E-state index in [1.54, 1.807) is 12.1 Å². The molecule has 21 heteroatoms. The molecular formula is C34H51BN10O10. The highest BCUT2D eigenvalue weighted by Gasteiger charge is 2.38. The molecule has 1 aromatic carbocycles. The number of rotatable bonds is 23.